The van der Waals surface area contributed by atoms with E-state index < -0.39 is 0 Å². The van der Waals surface area contributed by atoms with Gasteiger partial charge in [-0.3, -0.25) is 0 Å². The average Bonchev–Trinajstić information content (AvgIpc) is 2.09. The molecule has 0 atom stereocenters. The van der Waals surface area contributed by atoms with Gasteiger partial charge in [0.1, 0.15) is 0 Å². The molecule has 72 valence electrons. The number of rotatable bonds is 4. The Balaban J connectivity index is 4.46. The molecule has 0 spiro atoms. The zero-order chi connectivity index (χ0) is 9.56. The van der Waals surface area contributed by atoms with E-state index in [2.05, 4.69) is 0 Å². The van der Waals surface area contributed by atoms with E-state index >= 15 is 0 Å². The van der Waals surface area contributed by atoms with Crippen LogP contribution in [0.5, 0.6) is 0 Å². The summed E-state index contributed by atoms with van der Waals surface area (Å²) in [5.74, 6) is 0. The summed E-state index contributed by atoms with van der Waals surface area (Å²) < 4.78 is 15.2. The van der Waals surface area contributed by atoms with Crippen LogP contribution in [0.2, 0.25) is 0 Å². The summed E-state index contributed by atoms with van der Waals surface area (Å²) in [5.41, 5.74) is 0. The van der Waals surface area contributed by atoms with Crippen LogP contribution in [0.1, 0.15) is 27.7 Å². The van der Waals surface area contributed by atoms with Crippen LogP contribution in [0, 0.1) is 0 Å². The monoisotopic (exact) mass is 175 g/mol. The molecule has 12 heavy (non-hydrogen) atoms. The van der Waals surface area contributed by atoms with Crippen molar-refractivity contribution in [1.82, 2.24) is 4.90 Å². The summed E-state index contributed by atoms with van der Waals surface area (Å²) in [6.45, 7) is 10.8. The molecule has 0 saturated heterocycles. The maximum atomic E-state index is 13.5. The van der Waals surface area contributed by atoms with Gasteiger partial charge in [0.2, 0.25) is 0 Å². The minimum Gasteiger partial charge on any atom is -0.236 e. The highest BCUT2D eigenvalue weighted by atomic mass is 19.1. The van der Waals surface area contributed by atoms with Crippen molar-refractivity contribution in [1.29, 1.82) is 0 Å². The van der Waals surface area contributed by atoms with E-state index in [9.17, 15) is 4.39 Å². The molecule has 0 bridgehead atoms. The topological polar surface area (TPSA) is 6.25 Å². The molecular weight excluding hydrogens is 155 g/mol. The molecule has 0 fully saturated rings. The summed E-state index contributed by atoms with van der Waals surface area (Å²) in [4.78, 5) is 1.73. The van der Waals surface area contributed by atoms with Crippen LogP contribution in [0.3, 0.4) is 0 Å². The lowest BCUT2D eigenvalue weighted by atomic mass is 10.5. The van der Waals surface area contributed by atoms with E-state index in [1.807, 2.05) is 27.7 Å². The van der Waals surface area contributed by atoms with Crippen molar-refractivity contribution in [3.8, 4) is 0 Å². The molecule has 2 nitrogen and oxygen atoms in total. The van der Waals surface area contributed by atoms with Crippen LogP contribution in [0.15, 0.2) is 0 Å². The second-order valence-electron chi connectivity index (χ2n) is 2.61. The molecule has 0 aliphatic heterocycles. The third-order valence-electron chi connectivity index (χ3n) is 2.05. The summed E-state index contributed by atoms with van der Waals surface area (Å²) in [6.07, 6.45) is -0.0926. The Morgan fingerprint density at radius 3 is 1.75 bits per heavy atom. The number of hydrogen-bond acceptors (Lipinski definition) is 0. The highest BCUT2D eigenvalue weighted by Gasteiger charge is 2.17. The minimum absolute atomic E-state index is 0.0926. The van der Waals surface area contributed by atoms with Gasteiger partial charge in [0.15, 0.2) is 0 Å². The van der Waals surface area contributed by atoms with Gasteiger partial charge in [0.25, 0.3) is 0 Å². The molecule has 0 unspecified atom stereocenters. The third kappa shape index (κ3) is 2.80. The van der Waals surface area contributed by atoms with Crippen molar-refractivity contribution in [2.24, 2.45) is 0 Å². The molecule has 3 heteroatoms. The van der Waals surface area contributed by atoms with Gasteiger partial charge in [-0.2, -0.15) is 0 Å². The number of amidine groups is 1. The van der Waals surface area contributed by atoms with Crippen LogP contribution in [0.4, 0.5) is 4.39 Å². The van der Waals surface area contributed by atoms with Gasteiger partial charge >= 0.3 is 6.09 Å². The fourth-order valence-corrected chi connectivity index (χ4v) is 1.17. The zero-order valence-electron chi connectivity index (χ0n) is 8.60. The van der Waals surface area contributed by atoms with Crippen molar-refractivity contribution in [3.05, 3.63) is 0 Å². The fourth-order valence-electron chi connectivity index (χ4n) is 1.17. The van der Waals surface area contributed by atoms with E-state index in [1.165, 1.54) is 0 Å². The molecule has 0 aliphatic carbocycles. The van der Waals surface area contributed by atoms with Crippen molar-refractivity contribution in [2.75, 3.05) is 26.2 Å². The molecule has 0 rings (SSSR count). The predicted molar refractivity (Wildman–Crippen MR) is 50.4 cm³/mol. The van der Waals surface area contributed by atoms with E-state index in [-0.39, 0.29) is 6.09 Å². The Labute approximate surface area is 74.7 Å². The van der Waals surface area contributed by atoms with Gasteiger partial charge < -0.3 is 0 Å². The van der Waals surface area contributed by atoms with E-state index in [1.54, 1.807) is 9.48 Å². The van der Waals surface area contributed by atoms with Crippen LogP contribution < -0.4 is 0 Å². The van der Waals surface area contributed by atoms with Crippen molar-refractivity contribution >= 4 is 6.09 Å². The second-order valence-corrected chi connectivity index (χ2v) is 2.61. The Morgan fingerprint density at radius 1 is 1.08 bits per heavy atom. The van der Waals surface area contributed by atoms with Gasteiger partial charge in [-0.15, -0.1) is 4.39 Å². The Hall–Kier alpha value is -0.600. The first-order valence-electron chi connectivity index (χ1n) is 4.73. The molecule has 0 radical (unpaired) electrons. The van der Waals surface area contributed by atoms with E-state index in [4.69, 9.17) is 0 Å². The molecule has 0 N–H and O–H groups in total. The highest BCUT2D eigenvalue weighted by molar-refractivity contribution is 5.66. The number of nitrogens with zero attached hydrogens (tertiary/aromatic N) is 2. The maximum Gasteiger partial charge on any atom is 0.435 e. The van der Waals surface area contributed by atoms with Crippen molar-refractivity contribution < 1.29 is 8.97 Å². The summed E-state index contributed by atoms with van der Waals surface area (Å²) in [5, 5.41) is 0. The molecule has 0 aliphatic rings. The van der Waals surface area contributed by atoms with Gasteiger partial charge in [-0.1, -0.05) is 0 Å². The standard InChI is InChI=1S/C9H20FN2/c1-5-11(6-2)9(10)12(7-3)8-4/h5-8H2,1-4H3/q+1. The van der Waals surface area contributed by atoms with Gasteiger partial charge in [0, 0.05) is 0 Å². The summed E-state index contributed by atoms with van der Waals surface area (Å²) >= 11 is 0. The third-order valence-corrected chi connectivity index (χ3v) is 2.05. The second kappa shape index (κ2) is 5.98. The Kier molecular flexibility index (Phi) is 5.68. The lowest BCUT2D eigenvalue weighted by Crippen LogP contribution is -2.35. The highest BCUT2D eigenvalue weighted by Crippen LogP contribution is 1.93. The van der Waals surface area contributed by atoms with Crippen molar-refractivity contribution in [3.63, 3.8) is 0 Å². The van der Waals surface area contributed by atoms with Gasteiger partial charge in [-0.05, 0) is 27.7 Å². The minimum atomic E-state index is -0.0926. The van der Waals surface area contributed by atoms with Crippen molar-refractivity contribution in [2.45, 2.75) is 27.7 Å². The average molecular weight is 175 g/mol. The maximum absolute atomic E-state index is 13.5. The normalized spacial score (nSPS) is 9.75. The number of halogens is 1. The first kappa shape index (κ1) is 11.4. The lowest BCUT2D eigenvalue weighted by Gasteiger charge is -2.12. The summed E-state index contributed by atoms with van der Waals surface area (Å²) in [7, 11) is 0. The van der Waals surface area contributed by atoms with Crippen LogP contribution in [0.25, 0.3) is 0 Å². The largest absolute Gasteiger partial charge is 0.435 e. The molecule has 0 aromatic carbocycles. The SMILES string of the molecule is CCN(CC)C(F)=[N+](CC)CC. The molecule has 0 aromatic rings. The van der Waals surface area contributed by atoms with E-state index in [0.717, 1.165) is 26.2 Å². The fraction of sp³-hybridized carbons (Fsp3) is 0.889. The molecule has 0 amide bonds. The molecular formula is C9H20FN2+. The number of hydrogen-bond donors (Lipinski definition) is 0. The van der Waals surface area contributed by atoms with Gasteiger partial charge in [0.05, 0.1) is 26.2 Å². The zero-order valence-corrected chi connectivity index (χ0v) is 8.60. The first-order chi connectivity index (χ1) is 5.71. The molecule has 0 aromatic heterocycles. The van der Waals surface area contributed by atoms with Crippen LogP contribution in [-0.2, 0) is 0 Å². The van der Waals surface area contributed by atoms with Crippen LogP contribution >= 0.6 is 0 Å². The Morgan fingerprint density at radius 2 is 1.50 bits per heavy atom. The predicted octanol–water partition coefficient (Wildman–Crippen LogP) is 1.71. The lowest BCUT2D eigenvalue weighted by molar-refractivity contribution is -0.531. The van der Waals surface area contributed by atoms with E-state index in [0.29, 0.717) is 0 Å². The first-order valence-corrected chi connectivity index (χ1v) is 4.73. The molecule has 0 heterocycles. The Bertz CT molecular complexity index is 145. The van der Waals surface area contributed by atoms with Crippen LogP contribution in [-0.4, -0.2) is 41.7 Å². The summed E-state index contributed by atoms with van der Waals surface area (Å²) in [6, 6.07) is 0. The smallest absolute Gasteiger partial charge is 0.236 e. The quantitative estimate of drug-likeness (QED) is 0.273. The van der Waals surface area contributed by atoms with Gasteiger partial charge in [-0.25, -0.2) is 9.48 Å². The molecule has 0 saturated carbocycles.